The lowest BCUT2D eigenvalue weighted by Gasteiger charge is -2.16. The minimum atomic E-state index is -0.485. The molecule has 0 amide bonds. The molecule has 0 heterocycles. The van der Waals surface area contributed by atoms with E-state index < -0.39 is 6.10 Å². The predicted octanol–water partition coefficient (Wildman–Crippen LogP) is 3.76. The third kappa shape index (κ3) is 3.36. The van der Waals surface area contributed by atoms with Crippen LogP contribution >= 0.6 is 0 Å². The van der Waals surface area contributed by atoms with E-state index in [1.165, 1.54) is 11.1 Å². The van der Waals surface area contributed by atoms with Gasteiger partial charge in [0.1, 0.15) is 0 Å². The number of anilines is 1. The van der Waals surface area contributed by atoms with Crippen molar-refractivity contribution >= 4 is 5.69 Å². The second-order valence-electron chi connectivity index (χ2n) is 5.07. The average molecular weight is 255 g/mol. The van der Waals surface area contributed by atoms with Gasteiger partial charge >= 0.3 is 0 Å². The Labute approximate surface area is 115 Å². The van der Waals surface area contributed by atoms with E-state index in [2.05, 4.69) is 37.4 Å². The lowest BCUT2D eigenvalue weighted by Crippen LogP contribution is -2.13. The maximum atomic E-state index is 10.3. The zero-order valence-corrected chi connectivity index (χ0v) is 11.8. The summed E-state index contributed by atoms with van der Waals surface area (Å²) in [7, 11) is 0. The van der Waals surface area contributed by atoms with Gasteiger partial charge in [0.2, 0.25) is 0 Å². The molecule has 0 bridgehead atoms. The fourth-order valence-electron chi connectivity index (χ4n) is 2.20. The number of hydrogen-bond donors (Lipinski definition) is 2. The smallest absolute Gasteiger partial charge is 0.0964 e. The summed E-state index contributed by atoms with van der Waals surface area (Å²) in [6, 6.07) is 14.3. The second-order valence-corrected chi connectivity index (χ2v) is 5.07. The SMILES string of the molecule is Cc1ccc(C)c(NCC(O)c2ccccc2C)c1. The van der Waals surface area contributed by atoms with E-state index in [1.54, 1.807) is 0 Å². The summed E-state index contributed by atoms with van der Waals surface area (Å²) in [5.41, 5.74) is 5.62. The molecular formula is C17H21NO. The molecule has 2 heteroatoms. The molecule has 0 fully saturated rings. The third-order valence-electron chi connectivity index (χ3n) is 3.43. The first kappa shape index (κ1) is 13.6. The first-order valence-corrected chi connectivity index (χ1v) is 6.62. The lowest BCUT2D eigenvalue weighted by atomic mass is 10.0. The van der Waals surface area contributed by atoms with Crippen molar-refractivity contribution in [2.75, 3.05) is 11.9 Å². The Morgan fingerprint density at radius 1 is 1.00 bits per heavy atom. The van der Waals surface area contributed by atoms with E-state index in [1.807, 2.05) is 31.2 Å². The van der Waals surface area contributed by atoms with Crippen LogP contribution in [0, 0.1) is 20.8 Å². The fraction of sp³-hybridized carbons (Fsp3) is 0.294. The molecule has 0 aliphatic heterocycles. The summed E-state index contributed by atoms with van der Waals surface area (Å²) in [6.45, 7) is 6.69. The van der Waals surface area contributed by atoms with E-state index in [9.17, 15) is 5.11 Å². The van der Waals surface area contributed by atoms with Crippen LogP contribution in [0.3, 0.4) is 0 Å². The molecule has 0 aromatic heterocycles. The molecule has 2 aromatic rings. The van der Waals surface area contributed by atoms with Crippen molar-refractivity contribution in [3.8, 4) is 0 Å². The Kier molecular flexibility index (Phi) is 4.23. The maximum Gasteiger partial charge on any atom is 0.0964 e. The fourth-order valence-corrected chi connectivity index (χ4v) is 2.20. The second kappa shape index (κ2) is 5.89. The molecule has 0 spiro atoms. The molecule has 0 saturated carbocycles. The standard InChI is InChI=1S/C17H21NO/c1-12-8-9-14(3)16(10-12)18-11-17(19)15-7-5-4-6-13(15)2/h4-10,17-19H,11H2,1-3H3. The van der Waals surface area contributed by atoms with Crippen LogP contribution in [0.5, 0.6) is 0 Å². The molecule has 19 heavy (non-hydrogen) atoms. The summed E-state index contributed by atoms with van der Waals surface area (Å²) in [5, 5.41) is 13.6. The zero-order chi connectivity index (χ0) is 13.8. The quantitative estimate of drug-likeness (QED) is 0.872. The Morgan fingerprint density at radius 3 is 2.47 bits per heavy atom. The molecule has 2 N–H and O–H groups in total. The Hall–Kier alpha value is -1.80. The molecule has 100 valence electrons. The Balaban J connectivity index is 2.06. The van der Waals surface area contributed by atoms with Gasteiger partial charge in [0.25, 0.3) is 0 Å². The van der Waals surface area contributed by atoms with E-state index >= 15 is 0 Å². The van der Waals surface area contributed by atoms with Gasteiger partial charge in [0.15, 0.2) is 0 Å². The average Bonchev–Trinajstić information content (AvgIpc) is 2.40. The number of aliphatic hydroxyl groups is 1. The van der Waals surface area contributed by atoms with Crippen LogP contribution in [0.1, 0.15) is 28.4 Å². The van der Waals surface area contributed by atoms with Crippen molar-refractivity contribution < 1.29 is 5.11 Å². The number of aryl methyl sites for hydroxylation is 3. The Bertz CT molecular complexity index is 563. The predicted molar refractivity (Wildman–Crippen MR) is 80.5 cm³/mol. The van der Waals surface area contributed by atoms with Crippen molar-refractivity contribution in [2.24, 2.45) is 0 Å². The summed E-state index contributed by atoms with van der Waals surface area (Å²) in [6.07, 6.45) is -0.485. The summed E-state index contributed by atoms with van der Waals surface area (Å²) in [4.78, 5) is 0. The summed E-state index contributed by atoms with van der Waals surface area (Å²) in [5.74, 6) is 0. The molecular weight excluding hydrogens is 234 g/mol. The van der Waals surface area contributed by atoms with Gasteiger partial charge in [0.05, 0.1) is 6.10 Å². The summed E-state index contributed by atoms with van der Waals surface area (Å²) >= 11 is 0. The van der Waals surface area contributed by atoms with Gasteiger partial charge in [-0.05, 0) is 49.1 Å². The molecule has 0 radical (unpaired) electrons. The van der Waals surface area contributed by atoms with Crippen LogP contribution in [0.4, 0.5) is 5.69 Å². The van der Waals surface area contributed by atoms with Gasteiger partial charge in [-0.1, -0.05) is 36.4 Å². The van der Waals surface area contributed by atoms with Crippen LogP contribution < -0.4 is 5.32 Å². The van der Waals surface area contributed by atoms with Gasteiger partial charge in [0, 0.05) is 12.2 Å². The van der Waals surface area contributed by atoms with Gasteiger partial charge in [-0.15, -0.1) is 0 Å². The first-order valence-electron chi connectivity index (χ1n) is 6.62. The monoisotopic (exact) mass is 255 g/mol. The maximum absolute atomic E-state index is 10.3. The minimum absolute atomic E-state index is 0.485. The highest BCUT2D eigenvalue weighted by molar-refractivity contribution is 5.52. The Morgan fingerprint density at radius 2 is 1.74 bits per heavy atom. The van der Waals surface area contributed by atoms with E-state index in [4.69, 9.17) is 0 Å². The molecule has 0 aliphatic rings. The number of rotatable bonds is 4. The van der Waals surface area contributed by atoms with Gasteiger partial charge in [-0.3, -0.25) is 0 Å². The highest BCUT2D eigenvalue weighted by atomic mass is 16.3. The van der Waals surface area contributed by atoms with Crippen molar-refractivity contribution in [1.29, 1.82) is 0 Å². The van der Waals surface area contributed by atoms with Crippen LogP contribution in [0.2, 0.25) is 0 Å². The van der Waals surface area contributed by atoms with Crippen LogP contribution in [0.25, 0.3) is 0 Å². The van der Waals surface area contributed by atoms with Crippen LogP contribution in [-0.4, -0.2) is 11.7 Å². The topological polar surface area (TPSA) is 32.3 Å². The van der Waals surface area contributed by atoms with Crippen molar-refractivity contribution in [1.82, 2.24) is 0 Å². The van der Waals surface area contributed by atoms with Gasteiger partial charge < -0.3 is 10.4 Å². The molecule has 0 aliphatic carbocycles. The van der Waals surface area contributed by atoms with Crippen molar-refractivity contribution in [3.63, 3.8) is 0 Å². The molecule has 2 aromatic carbocycles. The van der Waals surface area contributed by atoms with Crippen LogP contribution in [-0.2, 0) is 0 Å². The van der Waals surface area contributed by atoms with E-state index in [-0.39, 0.29) is 0 Å². The minimum Gasteiger partial charge on any atom is -0.387 e. The number of benzene rings is 2. The van der Waals surface area contributed by atoms with Crippen molar-refractivity contribution in [2.45, 2.75) is 26.9 Å². The largest absolute Gasteiger partial charge is 0.387 e. The molecule has 1 atom stereocenters. The van der Waals surface area contributed by atoms with Gasteiger partial charge in [-0.25, -0.2) is 0 Å². The highest BCUT2D eigenvalue weighted by Crippen LogP contribution is 2.20. The van der Waals surface area contributed by atoms with Gasteiger partial charge in [-0.2, -0.15) is 0 Å². The summed E-state index contributed by atoms with van der Waals surface area (Å²) < 4.78 is 0. The molecule has 2 nitrogen and oxygen atoms in total. The number of nitrogens with one attached hydrogen (secondary N) is 1. The normalized spacial score (nSPS) is 12.2. The first-order chi connectivity index (χ1) is 9.08. The lowest BCUT2D eigenvalue weighted by molar-refractivity contribution is 0.191. The molecule has 2 rings (SSSR count). The highest BCUT2D eigenvalue weighted by Gasteiger charge is 2.10. The van der Waals surface area contributed by atoms with E-state index in [0.29, 0.717) is 6.54 Å². The molecule has 1 unspecified atom stereocenters. The molecule has 0 saturated heterocycles. The zero-order valence-electron chi connectivity index (χ0n) is 11.8. The van der Waals surface area contributed by atoms with E-state index in [0.717, 1.165) is 16.8 Å². The number of aliphatic hydroxyl groups excluding tert-OH is 1. The third-order valence-corrected chi connectivity index (χ3v) is 3.43. The van der Waals surface area contributed by atoms with Crippen LogP contribution in [0.15, 0.2) is 42.5 Å². The van der Waals surface area contributed by atoms with Crippen molar-refractivity contribution in [3.05, 3.63) is 64.7 Å². The number of hydrogen-bond acceptors (Lipinski definition) is 2.